The number of amides is 1. The Balaban J connectivity index is 1.40. The van der Waals surface area contributed by atoms with E-state index in [9.17, 15) is 4.79 Å². The molecule has 150 valence electrons. The number of carbonyl (C=O) groups excluding carboxylic acids is 1. The lowest BCUT2D eigenvalue weighted by Crippen LogP contribution is -2.47. The first-order chi connectivity index (χ1) is 13.6. The van der Waals surface area contributed by atoms with Crippen LogP contribution in [0.1, 0.15) is 23.6 Å². The minimum atomic E-state index is -0.0699. The Kier molecular flexibility index (Phi) is 7.46. The number of aryl methyl sites for hydroxylation is 1. The average molecular weight is 382 g/mol. The van der Waals surface area contributed by atoms with Gasteiger partial charge >= 0.3 is 0 Å². The molecule has 1 fully saturated rings. The normalized spacial score (nSPS) is 18.0. The molecule has 2 aromatic carbocycles. The van der Waals surface area contributed by atoms with E-state index in [-0.39, 0.29) is 12.5 Å². The maximum absolute atomic E-state index is 12.0. The summed E-state index contributed by atoms with van der Waals surface area (Å²) in [5, 5.41) is 2.97. The predicted octanol–water partition coefficient (Wildman–Crippen LogP) is 2.87. The van der Waals surface area contributed by atoms with Gasteiger partial charge in [0.15, 0.2) is 6.61 Å². The molecule has 3 rings (SSSR count). The van der Waals surface area contributed by atoms with E-state index in [1.807, 2.05) is 31.2 Å². The second-order valence-electron chi connectivity index (χ2n) is 7.53. The Hall–Kier alpha value is -2.37. The zero-order valence-electron chi connectivity index (χ0n) is 16.9. The Morgan fingerprint density at radius 2 is 1.96 bits per heavy atom. The molecule has 1 saturated heterocycles. The van der Waals surface area contributed by atoms with Gasteiger partial charge in [-0.15, -0.1) is 0 Å². The molecule has 0 bridgehead atoms. The highest BCUT2D eigenvalue weighted by atomic mass is 16.5. The number of benzene rings is 2. The summed E-state index contributed by atoms with van der Waals surface area (Å²) in [6, 6.07) is 18.9. The second-order valence-corrected chi connectivity index (χ2v) is 7.53. The molecular formula is C23H31N3O2. The minimum Gasteiger partial charge on any atom is -0.484 e. The highest BCUT2D eigenvalue weighted by molar-refractivity contribution is 5.77. The van der Waals surface area contributed by atoms with Crippen LogP contribution in [-0.4, -0.2) is 62.1 Å². The van der Waals surface area contributed by atoms with Crippen LogP contribution in [0.3, 0.4) is 0 Å². The fourth-order valence-corrected chi connectivity index (χ4v) is 3.63. The van der Waals surface area contributed by atoms with Gasteiger partial charge in [-0.3, -0.25) is 9.69 Å². The molecule has 1 atom stereocenters. The van der Waals surface area contributed by atoms with Crippen molar-refractivity contribution in [1.29, 1.82) is 0 Å². The van der Waals surface area contributed by atoms with Gasteiger partial charge in [0.2, 0.25) is 0 Å². The first-order valence-corrected chi connectivity index (χ1v) is 10.1. The van der Waals surface area contributed by atoms with Crippen molar-refractivity contribution in [3.8, 4) is 5.75 Å². The topological polar surface area (TPSA) is 44.8 Å². The van der Waals surface area contributed by atoms with Crippen LogP contribution in [0.4, 0.5) is 0 Å². The highest BCUT2D eigenvalue weighted by Gasteiger charge is 2.25. The van der Waals surface area contributed by atoms with E-state index in [0.29, 0.717) is 12.6 Å². The number of ether oxygens (including phenoxy) is 1. The maximum atomic E-state index is 12.0. The summed E-state index contributed by atoms with van der Waals surface area (Å²) >= 11 is 0. The number of piperazine rings is 1. The summed E-state index contributed by atoms with van der Waals surface area (Å²) in [4.78, 5) is 16.9. The summed E-state index contributed by atoms with van der Waals surface area (Å²) in [5.41, 5.74) is 2.49. The molecule has 1 heterocycles. The summed E-state index contributed by atoms with van der Waals surface area (Å²) in [5.74, 6) is 0.665. The number of likely N-dealkylation sites (N-methyl/N-ethyl adjacent to an activating group) is 1. The molecule has 1 unspecified atom stereocenters. The van der Waals surface area contributed by atoms with Crippen molar-refractivity contribution in [2.75, 3.05) is 46.4 Å². The number of hydrogen-bond acceptors (Lipinski definition) is 4. The predicted molar refractivity (Wildman–Crippen MR) is 113 cm³/mol. The lowest BCUT2D eigenvalue weighted by atomic mass is 10.0. The van der Waals surface area contributed by atoms with E-state index in [4.69, 9.17) is 4.74 Å². The number of rotatable bonds is 8. The van der Waals surface area contributed by atoms with Crippen molar-refractivity contribution in [1.82, 2.24) is 15.1 Å². The van der Waals surface area contributed by atoms with Gasteiger partial charge in [0.05, 0.1) is 0 Å². The summed E-state index contributed by atoms with van der Waals surface area (Å²) in [6.07, 6.45) is 0.934. The first-order valence-electron chi connectivity index (χ1n) is 10.1. The second kappa shape index (κ2) is 10.2. The lowest BCUT2D eigenvalue weighted by molar-refractivity contribution is -0.123. The van der Waals surface area contributed by atoms with Crippen LogP contribution in [0.2, 0.25) is 0 Å². The van der Waals surface area contributed by atoms with Crippen molar-refractivity contribution in [2.24, 2.45) is 0 Å². The summed E-state index contributed by atoms with van der Waals surface area (Å²) < 4.78 is 5.55. The molecule has 1 amide bonds. The van der Waals surface area contributed by atoms with Crippen molar-refractivity contribution in [3.05, 3.63) is 65.7 Å². The van der Waals surface area contributed by atoms with Gasteiger partial charge in [-0.2, -0.15) is 0 Å². The van der Waals surface area contributed by atoms with Crippen LogP contribution in [-0.2, 0) is 4.79 Å². The number of carbonyl (C=O) groups is 1. The molecule has 0 radical (unpaired) electrons. The van der Waals surface area contributed by atoms with Crippen LogP contribution in [0.15, 0.2) is 54.6 Å². The largest absolute Gasteiger partial charge is 0.484 e. The lowest BCUT2D eigenvalue weighted by Gasteiger charge is -2.40. The minimum absolute atomic E-state index is 0.0601. The van der Waals surface area contributed by atoms with E-state index < -0.39 is 0 Å². The monoisotopic (exact) mass is 381 g/mol. The molecule has 28 heavy (non-hydrogen) atoms. The summed E-state index contributed by atoms with van der Waals surface area (Å²) in [7, 11) is 2.18. The van der Waals surface area contributed by atoms with Gasteiger partial charge in [0.1, 0.15) is 5.75 Å². The molecule has 5 nitrogen and oxygen atoms in total. The van der Waals surface area contributed by atoms with E-state index >= 15 is 0 Å². The Labute approximate surface area is 168 Å². The molecule has 1 aliphatic heterocycles. The van der Waals surface area contributed by atoms with Gasteiger partial charge in [-0.05, 0) is 43.7 Å². The number of nitrogens with one attached hydrogen (secondary N) is 1. The first kappa shape index (κ1) is 20.4. The van der Waals surface area contributed by atoms with E-state index in [2.05, 4.69) is 52.5 Å². The highest BCUT2D eigenvalue weighted by Crippen LogP contribution is 2.24. The van der Waals surface area contributed by atoms with Gasteiger partial charge in [0.25, 0.3) is 5.91 Å². The fraction of sp³-hybridized carbons (Fsp3) is 0.435. The van der Waals surface area contributed by atoms with Crippen LogP contribution in [0, 0.1) is 6.92 Å². The zero-order chi connectivity index (χ0) is 19.8. The van der Waals surface area contributed by atoms with Gasteiger partial charge in [-0.25, -0.2) is 0 Å². The Morgan fingerprint density at radius 3 is 2.75 bits per heavy atom. The van der Waals surface area contributed by atoms with Crippen LogP contribution in [0.5, 0.6) is 5.75 Å². The maximum Gasteiger partial charge on any atom is 0.257 e. The van der Waals surface area contributed by atoms with Crippen LogP contribution >= 0.6 is 0 Å². The quantitative estimate of drug-likeness (QED) is 0.714. The van der Waals surface area contributed by atoms with Gasteiger partial charge < -0.3 is 15.0 Å². The molecule has 5 heteroatoms. The standard InChI is InChI=1S/C23H31N3O2/c1-19-8-6-11-21(16-19)28-18-23(27)24-12-7-13-26-15-14-25(2)17-22(26)20-9-4-3-5-10-20/h3-6,8-11,16,22H,7,12-15,17-18H2,1-2H3,(H,24,27). The third-order valence-corrected chi connectivity index (χ3v) is 5.18. The van der Waals surface area contributed by atoms with Crippen molar-refractivity contribution < 1.29 is 9.53 Å². The Bertz CT molecular complexity index is 751. The smallest absolute Gasteiger partial charge is 0.257 e. The average Bonchev–Trinajstić information content (AvgIpc) is 2.71. The molecule has 1 N–H and O–H groups in total. The number of nitrogens with zero attached hydrogens (tertiary/aromatic N) is 2. The van der Waals surface area contributed by atoms with Crippen molar-refractivity contribution >= 4 is 5.91 Å². The SMILES string of the molecule is Cc1cccc(OCC(=O)NCCCN2CCN(C)CC2c2ccccc2)c1. The van der Waals surface area contributed by atoms with E-state index in [1.165, 1.54) is 5.56 Å². The summed E-state index contributed by atoms with van der Waals surface area (Å²) in [6.45, 7) is 6.90. The third kappa shape index (κ3) is 6.08. The molecular weight excluding hydrogens is 350 g/mol. The van der Waals surface area contributed by atoms with E-state index in [0.717, 1.165) is 43.9 Å². The van der Waals surface area contributed by atoms with Crippen molar-refractivity contribution in [3.63, 3.8) is 0 Å². The van der Waals surface area contributed by atoms with Gasteiger partial charge in [0, 0.05) is 38.8 Å². The zero-order valence-corrected chi connectivity index (χ0v) is 16.9. The third-order valence-electron chi connectivity index (χ3n) is 5.18. The van der Waals surface area contributed by atoms with Crippen LogP contribution in [0.25, 0.3) is 0 Å². The van der Waals surface area contributed by atoms with Crippen molar-refractivity contribution in [2.45, 2.75) is 19.4 Å². The van der Waals surface area contributed by atoms with E-state index in [1.54, 1.807) is 0 Å². The van der Waals surface area contributed by atoms with Crippen LogP contribution < -0.4 is 10.1 Å². The molecule has 0 spiro atoms. The Morgan fingerprint density at radius 1 is 1.14 bits per heavy atom. The molecule has 2 aromatic rings. The molecule has 0 saturated carbocycles. The number of hydrogen-bond donors (Lipinski definition) is 1. The fourth-order valence-electron chi connectivity index (χ4n) is 3.63. The molecule has 0 aromatic heterocycles. The van der Waals surface area contributed by atoms with Gasteiger partial charge in [-0.1, -0.05) is 42.5 Å². The molecule has 0 aliphatic carbocycles. The molecule has 1 aliphatic rings.